The Morgan fingerprint density at radius 1 is 1.00 bits per heavy atom. The van der Waals surface area contributed by atoms with E-state index in [0.717, 1.165) is 40.4 Å². The zero-order valence-electron chi connectivity index (χ0n) is 11.5. The maximum absolute atomic E-state index is 5.18. The quantitative estimate of drug-likeness (QED) is 0.770. The number of hydrogen-bond acceptors (Lipinski definition) is 4. The first kappa shape index (κ1) is 12.8. The maximum atomic E-state index is 5.18. The van der Waals surface area contributed by atoms with Crippen LogP contribution in [0.4, 0.5) is 11.4 Å². The molecule has 2 aliphatic heterocycles. The van der Waals surface area contributed by atoms with E-state index in [9.17, 15) is 0 Å². The number of ether oxygens (including phenoxy) is 1. The summed E-state index contributed by atoms with van der Waals surface area (Å²) in [7, 11) is 0. The smallest absolute Gasteiger partial charge is 0.180 e. The minimum absolute atomic E-state index is 0.863. The van der Waals surface area contributed by atoms with Crippen LogP contribution in [0.2, 0.25) is 0 Å². The lowest BCUT2D eigenvalue weighted by atomic mass is 10.1. The highest BCUT2D eigenvalue weighted by atomic mass is 16.5. The summed E-state index contributed by atoms with van der Waals surface area (Å²) in [5.74, 6) is 0. The largest absolute Gasteiger partial charge is 0.453 e. The second kappa shape index (κ2) is 5.82. The van der Waals surface area contributed by atoms with E-state index in [1.54, 1.807) is 6.26 Å². The van der Waals surface area contributed by atoms with Gasteiger partial charge in [0, 0.05) is 10.4 Å². The lowest BCUT2D eigenvalue weighted by Gasteiger charge is -2.03. The average Bonchev–Trinajstić information content (AvgIpc) is 2.70. The molecule has 20 heavy (non-hydrogen) atoms. The Hall–Kier alpha value is -2.23. The van der Waals surface area contributed by atoms with Crippen LogP contribution in [0.1, 0.15) is 32.6 Å². The molecule has 0 aromatic heterocycles. The Morgan fingerprint density at radius 2 is 1.90 bits per heavy atom. The summed E-state index contributed by atoms with van der Waals surface area (Å²) in [6.07, 6.45) is 11.8. The standard InChI is InChI=1S/C16H17N3O/c1-2-3-4-5-12-6-7-13-14-10-20-11-17-15(14)8-9-16(13)19-18-12/h6-11H,2-5H2,1H3. The molecule has 0 spiro atoms. The molecule has 0 saturated carbocycles. The molecule has 0 saturated heterocycles. The van der Waals surface area contributed by atoms with Crippen molar-refractivity contribution in [2.75, 3.05) is 0 Å². The minimum Gasteiger partial charge on any atom is -0.453 e. The van der Waals surface area contributed by atoms with E-state index in [-0.39, 0.29) is 0 Å². The van der Waals surface area contributed by atoms with Crippen LogP contribution < -0.4 is 10.4 Å². The molecule has 0 N–H and O–H groups in total. The molecule has 0 fully saturated rings. The topological polar surface area (TPSA) is 46.3 Å². The fourth-order valence-corrected chi connectivity index (χ4v) is 2.32. The zero-order chi connectivity index (χ0) is 13.8. The van der Waals surface area contributed by atoms with Crippen molar-refractivity contribution in [3.05, 3.63) is 34.3 Å². The van der Waals surface area contributed by atoms with Gasteiger partial charge < -0.3 is 4.74 Å². The Bertz CT molecular complexity index is 714. The Balaban J connectivity index is 1.98. The highest BCUT2D eigenvalue weighted by Crippen LogP contribution is 2.18. The number of nitrogens with zero attached hydrogens (tertiary/aromatic N) is 3. The number of benzene rings is 1. The third kappa shape index (κ3) is 2.54. The van der Waals surface area contributed by atoms with E-state index < -0.39 is 0 Å². The molecule has 3 rings (SSSR count). The molecule has 0 amide bonds. The SMILES string of the molecule is CCCCCC1=CC=c2c(ccc3c2=COC=N3)N=N1. The zero-order valence-corrected chi connectivity index (χ0v) is 11.5. The van der Waals surface area contributed by atoms with Crippen LogP contribution >= 0.6 is 0 Å². The van der Waals surface area contributed by atoms with Crippen molar-refractivity contribution in [3.8, 4) is 0 Å². The van der Waals surface area contributed by atoms with Crippen molar-refractivity contribution in [2.24, 2.45) is 15.2 Å². The van der Waals surface area contributed by atoms with Gasteiger partial charge in [-0.2, -0.15) is 10.2 Å². The van der Waals surface area contributed by atoms with Gasteiger partial charge in [-0.15, -0.1) is 0 Å². The molecule has 1 aromatic rings. The number of unbranched alkanes of at least 4 members (excludes halogenated alkanes) is 2. The molecular formula is C16H17N3O. The highest BCUT2D eigenvalue weighted by molar-refractivity contribution is 5.67. The molecule has 0 atom stereocenters. The van der Waals surface area contributed by atoms with E-state index >= 15 is 0 Å². The predicted octanol–water partition coefficient (Wildman–Crippen LogP) is 3.46. The fourth-order valence-electron chi connectivity index (χ4n) is 2.32. The van der Waals surface area contributed by atoms with Gasteiger partial charge in [0.25, 0.3) is 0 Å². The van der Waals surface area contributed by atoms with Crippen LogP contribution in [0.5, 0.6) is 0 Å². The third-order valence-corrected chi connectivity index (χ3v) is 3.44. The summed E-state index contributed by atoms with van der Waals surface area (Å²) in [4.78, 5) is 4.22. The normalized spacial score (nSPS) is 15.2. The number of allylic oxidation sites excluding steroid dienone is 2. The van der Waals surface area contributed by atoms with Crippen LogP contribution in [-0.2, 0) is 4.74 Å². The number of rotatable bonds is 4. The first-order valence-electron chi connectivity index (χ1n) is 7.02. The monoisotopic (exact) mass is 267 g/mol. The second-order valence-corrected chi connectivity index (χ2v) is 4.90. The molecule has 1 aromatic carbocycles. The molecule has 102 valence electrons. The summed E-state index contributed by atoms with van der Waals surface area (Å²) in [5.41, 5.74) is 2.80. The molecule has 0 radical (unpaired) electrons. The van der Waals surface area contributed by atoms with Gasteiger partial charge in [0.1, 0.15) is 6.26 Å². The highest BCUT2D eigenvalue weighted by Gasteiger charge is 2.06. The first-order chi connectivity index (χ1) is 9.88. The van der Waals surface area contributed by atoms with Crippen molar-refractivity contribution in [2.45, 2.75) is 32.6 Å². The van der Waals surface area contributed by atoms with Crippen LogP contribution in [0.3, 0.4) is 0 Å². The van der Waals surface area contributed by atoms with Crippen LogP contribution in [0, 0.1) is 0 Å². The maximum Gasteiger partial charge on any atom is 0.180 e. The molecule has 0 unspecified atom stereocenters. The summed E-state index contributed by atoms with van der Waals surface area (Å²) < 4.78 is 5.18. The molecule has 2 heterocycles. The lowest BCUT2D eigenvalue weighted by Crippen LogP contribution is -2.26. The first-order valence-corrected chi connectivity index (χ1v) is 7.02. The van der Waals surface area contributed by atoms with Gasteiger partial charge in [-0.3, -0.25) is 0 Å². The molecule has 0 aliphatic carbocycles. The van der Waals surface area contributed by atoms with Gasteiger partial charge >= 0.3 is 0 Å². The van der Waals surface area contributed by atoms with Crippen LogP contribution in [0.15, 0.2) is 39.1 Å². The minimum atomic E-state index is 0.863. The van der Waals surface area contributed by atoms with Gasteiger partial charge in [0.05, 0.1) is 17.1 Å². The molecule has 0 bridgehead atoms. The summed E-state index contributed by atoms with van der Waals surface area (Å²) in [5, 5.41) is 10.7. The molecule has 2 aliphatic rings. The molecule has 4 nitrogen and oxygen atoms in total. The number of hydrogen-bond donors (Lipinski definition) is 0. The Labute approximate surface area is 117 Å². The average molecular weight is 267 g/mol. The third-order valence-electron chi connectivity index (χ3n) is 3.44. The molecular weight excluding hydrogens is 250 g/mol. The summed E-state index contributed by atoms with van der Waals surface area (Å²) in [6, 6.07) is 3.89. The van der Waals surface area contributed by atoms with Crippen molar-refractivity contribution in [1.29, 1.82) is 0 Å². The van der Waals surface area contributed by atoms with Crippen molar-refractivity contribution >= 4 is 30.1 Å². The lowest BCUT2D eigenvalue weighted by molar-refractivity contribution is 0.552. The van der Waals surface area contributed by atoms with E-state index in [4.69, 9.17) is 4.74 Å². The van der Waals surface area contributed by atoms with E-state index in [1.165, 1.54) is 19.2 Å². The van der Waals surface area contributed by atoms with Crippen molar-refractivity contribution in [1.82, 2.24) is 0 Å². The van der Waals surface area contributed by atoms with Crippen LogP contribution in [0.25, 0.3) is 12.3 Å². The van der Waals surface area contributed by atoms with Crippen molar-refractivity contribution in [3.63, 3.8) is 0 Å². The Morgan fingerprint density at radius 3 is 2.80 bits per heavy atom. The number of aliphatic imine (C=N–C) groups is 1. The number of azo groups is 1. The fraction of sp³-hybridized carbons (Fsp3) is 0.312. The van der Waals surface area contributed by atoms with Gasteiger partial charge in [-0.25, -0.2) is 4.99 Å². The number of fused-ring (bicyclic) bond motifs is 3. The predicted molar refractivity (Wildman–Crippen MR) is 80.6 cm³/mol. The second-order valence-electron chi connectivity index (χ2n) is 4.90. The van der Waals surface area contributed by atoms with Gasteiger partial charge in [0.15, 0.2) is 6.40 Å². The van der Waals surface area contributed by atoms with E-state index in [0.29, 0.717) is 0 Å². The summed E-state index contributed by atoms with van der Waals surface area (Å²) >= 11 is 0. The summed E-state index contributed by atoms with van der Waals surface area (Å²) in [6.45, 7) is 2.20. The Kier molecular flexibility index (Phi) is 3.72. The van der Waals surface area contributed by atoms with Crippen LogP contribution in [-0.4, -0.2) is 6.40 Å². The van der Waals surface area contributed by atoms with Crippen molar-refractivity contribution < 1.29 is 4.74 Å². The van der Waals surface area contributed by atoms with Gasteiger partial charge in [-0.1, -0.05) is 25.8 Å². The van der Waals surface area contributed by atoms with E-state index in [1.807, 2.05) is 12.1 Å². The van der Waals surface area contributed by atoms with E-state index in [2.05, 4.69) is 34.3 Å². The molecule has 4 heteroatoms. The van der Waals surface area contributed by atoms with Gasteiger partial charge in [0.2, 0.25) is 0 Å². The van der Waals surface area contributed by atoms with Gasteiger partial charge in [-0.05, 0) is 31.1 Å².